The van der Waals surface area contributed by atoms with Crippen LogP contribution in [0.4, 0.5) is 19.0 Å². The number of piperazine rings is 1. The van der Waals surface area contributed by atoms with Gasteiger partial charge in [0, 0.05) is 76.4 Å². The van der Waals surface area contributed by atoms with Crippen molar-refractivity contribution in [3.8, 4) is 22.3 Å². The Morgan fingerprint density at radius 2 is 1.72 bits per heavy atom. The van der Waals surface area contributed by atoms with E-state index in [0.29, 0.717) is 29.8 Å². The predicted octanol–water partition coefficient (Wildman–Crippen LogP) is 3.78. The van der Waals surface area contributed by atoms with Crippen molar-refractivity contribution in [1.29, 1.82) is 0 Å². The second-order valence-electron chi connectivity index (χ2n) is 12.3. The Morgan fingerprint density at radius 3 is 2.43 bits per heavy atom. The van der Waals surface area contributed by atoms with Crippen molar-refractivity contribution < 1.29 is 22.7 Å². The number of likely N-dealkylation sites (N-methyl/N-ethyl adjacent to an activating group) is 1. The highest BCUT2D eigenvalue weighted by Crippen LogP contribution is 2.36. The highest BCUT2D eigenvalue weighted by Gasteiger charge is 2.34. The fourth-order valence-corrected chi connectivity index (χ4v) is 6.01. The van der Waals surface area contributed by atoms with E-state index in [-0.39, 0.29) is 42.6 Å². The van der Waals surface area contributed by atoms with E-state index in [0.717, 1.165) is 42.9 Å². The summed E-state index contributed by atoms with van der Waals surface area (Å²) < 4.78 is 50.2. The maximum absolute atomic E-state index is 14.1. The van der Waals surface area contributed by atoms with Gasteiger partial charge in [-0.15, -0.1) is 0 Å². The Bertz CT molecular complexity index is 1700. The Morgan fingerprint density at radius 1 is 0.979 bits per heavy atom. The number of alkyl halides is 3. The summed E-state index contributed by atoms with van der Waals surface area (Å²) in [5, 5.41) is 10.5. The number of rotatable bonds is 9. The van der Waals surface area contributed by atoms with Crippen LogP contribution in [-0.2, 0) is 31.1 Å². The third-order valence-corrected chi connectivity index (χ3v) is 8.83. The number of carbonyl (C=O) groups excluding carboxylic acids is 1. The summed E-state index contributed by atoms with van der Waals surface area (Å²) in [5.74, 6) is -0.217. The van der Waals surface area contributed by atoms with Gasteiger partial charge in [-0.1, -0.05) is 36.4 Å². The van der Waals surface area contributed by atoms with Crippen molar-refractivity contribution in [1.82, 2.24) is 35.2 Å². The summed E-state index contributed by atoms with van der Waals surface area (Å²) in [4.78, 5) is 21.7. The molecule has 2 aliphatic heterocycles. The van der Waals surface area contributed by atoms with Crippen LogP contribution in [0, 0.1) is 0 Å². The van der Waals surface area contributed by atoms with Crippen LogP contribution < -0.4 is 16.4 Å². The van der Waals surface area contributed by atoms with E-state index in [2.05, 4.69) is 30.5 Å². The highest BCUT2D eigenvalue weighted by atomic mass is 19.4. The molecule has 4 heterocycles. The molecule has 0 radical (unpaired) electrons. The average Bonchev–Trinajstić information content (AvgIpc) is 3.69. The Hall–Kier alpha value is -4.30. The molecule has 2 aliphatic rings. The van der Waals surface area contributed by atoms with Gasteiger partial charge in [0.05, 0.1) is 36.1 Å². The molecule has 47 heavy (non-hydrogen) atoms. The largest absolute Gasteiger partial charge is 0.416 e. The lowest BCUT2D eigenvalue weighted by atomic mass is 9.97. The number of nitrogens with two attached hydrogens (primary N) is 1. The number of aryl methyl sites for hydroxylation is 1. The summed E-state index contributed by atoms with van der Waals surface area (Å²) in [6.45, 7) is 4.81. The minimum absolute atomic E-state index is 0.130. The van der Waals surface area contributed by atoms with E-state index in [1.54, 1.807) is 35.3 Å². The van der Waals surface area contributed by atoms with Gasteiger partial charge in [0.1, 0.15) is 5.82 Å². The standard InChI is InChI=1S/C34H39F3N8O2/c1-43-9-11-45(12-10-43)20-25-8-7-24(14-29(25)34(35,36)37)23-5-3-22(4-6-23)21-47-31-18-39-17-30(31)42-33(46)28-13-26(15-40-32(28)38)27-16-41-44(2)19-27/h3-8,13-16,19,30-31,39H,9-12,17-18,20-21H2,1-2H3,(H2,38,40)(H,42,46)/t30-,31-/m0/s1. The first kappa shape index (κ1) is 32.6. The minimum atomic E-state index is -4.45. The first-order valence-corrected chi connectivity index (χ1v) is 15.6. The maximum Gasteiger partial charge on any atom is 0.416 e. The molecule has 1 amide bonds. The van der Waals surface area contributed by atoms with Crippen LogP contribution in [0.25, 0.3) is 22.3 Å². The fraction of sp³-hybridized carbons (Fsp3) is 0.382. The van der Waals surface area contributed by atoms with Crippen LogP contribution >= 0.6 is 0 Å². The number of nitrogens with zero attached hydrogens (tertiary/aromatic N) is 5. The van der Waals surface area contributed by atoms with Crippen LogP contribution in [0.3, 0.4) is 0 Å². The second-order valence-corrected chi connectivity index (χ2v) is 12.3. The summed E-state index contributed by atoms with van der Waals surface area (Å²) in [6.07, 6.45) is 0.390. The summed E-state index contributed by atoms with van der Waals surface area (Å²) in [5.41, 5.74) is 9.65. The molecule has 2 saturated heterocycles. The maximum atomic E-state index is 14.1. The molecule has 2 atom stereocenters. The molecule has 2 aromatic heterocycles. The number of nitrogens with one attached hydrogen (secondary N) is 2. The molecule has 0 aliphatic carbocycles. The van der Waals surface area contributed by atoms with E-state index < -0.39 is 11.7 Å². The third-order valence-electron chi connectivity index (χ3n) is 8.83. The number of aromatic nitrogens is 3. The SMILES string of the molecule is CN1CCN(Cc2ccc(-c3ccc(CO[C@H]4CNC[C@@H]4NC(=O)c4cc(-c5cnn(C)c5)cnc4N)cc3)cc2C(F)(F)F)CC1. The van der Waals surface area contributed by atoms with Crippen LogP contribution in [0.1, 0.15) is 27.0 Å². The Balaban J connectivity index is 1.08. The lowest BCUT2D eigenvalue weighted by Crippen LogP contribution is -2.44. The van der Waals surface area contributed by atoms with E-state index >= 15 is 0 Å². The molecular weight excluding hydrogens is 609 g/mol. The molecule has 0 unspecified atom stereocenters. The first-order valence-electron chi connectivity index (χ1n) is 15.6. The van der Waals surface area contributed by atoms with Crippen molar-refractivity contribution in [2.75, 3.05) is 52.0 Å². The number of anilines is 1. The van der Waals surface area contributed by atoms with Gasteiger partial charge in [-0.3, -0.25) is 14.4 Å². The summed E-state index contributed by atoms with van der Waals surface area (Å²) in [7, 11) is 3.83. The highest BCUT2D eigenvalue weighted by molar-refractivity contribution is 5.99. The van der Waals surface area contributed by atoms with Gasteiger partial charge in [0.2, 0.25) is 0 Å². The van der Waals surface area contributed by atoms with Gasteiger partial charge in [-0.25, -0.2) is 4.98 Å². The van der Waals surface area contributed by atoms with Crippen LogP contribution in [0.2, 0.25) is 0 Å². The number of nitrogen functional groups attached to an aromatic ring is 1. The molecule has 0 spiro atoms. The fourth-order valence-electron chi connectivity index (χ4n) is 6.01. The summed E-state index contributed by atoms with van der Waals surface area (Å²) in [6, 6.07) is 13.4. The van der Waals surface area contributed by atoms with Crippen molar-refractivity contribution in [3.63, 3.8) is 0 Å². The Kier molecular flexibility index (Phi) is 9.60. The monoisotopic (exact) mass is 648 g/mol. The van der Waals surface area contributed by atoms with Gasteiger partial charge in [0.15, 0.2) is 0 Å². The van der Waals surface area contributed by atoms with Gasteiger partial charge in [0.25, 0.3) is 5.91 Å². The number of carbonyl (C=O) groups is 1. The molecule has 0 bridgehead atoms. The average molecular weight is 649 g/mol. The van der Waals surface area contributed by atoms with Crippen molar-refractivity contribution >= 4 is 11.7 Å². The first-order chi connectivity index (χ1) is 22.5. The molecule has 0 saturated carbocycles. The van der Waals surface area contributed by atoms with E-state index in [1.165, 1.54) is 6.07 Å². The molecule has 4 N–H and O–H groups in total. The van der Waals surface area contributed by atoms with Gasteiger partial charge < -0.3 is 26.0 Å². The number of pyridine rings is 1. The zero-order valence-corrected chi connectivity index (χ0v) is 26.4. The number of ether oxygens (including phenoxy) is 1. The zero-order chi connectivity index (χ0) is 33.1. The van der Waals surface area contributed by atoms with Gasteiger partial charge in [-0.05, 0) is 41.4 Å². The normalized spacial score (nSPS) is 19.3. The molecule has 2 aromatic carbocycles. The van der Waals surface area contributed by atoms with E-state index in [4.69, 9.17) is 10.5 Å². The minimum Gasteiger partial charge on any atom is -0.383 e. The second kappa shape index (κ2) is 13.8. The number of benzene rings is 2. The molecule has 4 aromatic rings. The molecule has 248 valence electrons. The van der Waals surface area contributed by atoms with E-state index in [1.807, 2.05) is 44.6 Å². The zero-order valence-electron chi connectivity index (χ0n) is 26.4. The van der Waals surface area contributed by atoms with Gasteiger partial charge in [-0.2, -0.15) is 18.3 Å². The topological polar surface area (TPSA) is 114 Å². The molecule has 13 heteroatoms. The quantitative estimate of drug-likeness (QED) is 0.252. The number of hydrogen-bond donors (Lipinski definition) is 3. The number of amides is 1. The third kappa shape index (κ3) is 7.82. The smallest absolute Gasteiger partial charge is 0.383 e. The van der Waals surface area contributed by atoms with Gasteiger partial charge >= 0.3 is 6.18 Å². The Labute approximate surface area is 271 Å². The van der Waals surface area contributed by atoms with Crippen LogP contribution in [-0.4, -0.2) is 88.9 Å². The van der Waals surface area contributed by atoms with E-state index in [9.17, 15) is 18.0 Å². The summed E-state index contributed by atoms with van der Waals surface area (Å²) >= 11 is 0. The van der Waals surface area contributed by atoms with Crippen molar-refractivity contribution in [2.24, 2.45) is 7.05 Å². The van der Waals surface area contributed by atoms with Crippen LogP contribution in [0.15, 0.2) is 67.1 Å². The predicted molar refractivity (Wildman–Crippen MR) is 173 cm³/mol. The molecule has 2 fully saturated rings. The molecule has 10 nitrogen and oxygen atoms in total. The molecular formula is C34H39F3N8O2. The molecule has 6 rings (SSSR count). The lowest BCUT2D eigenvalue weighted by Gasteiger charge is -2.33. The van der Waals surface area contributed by atoms with Crippen LogP contribution in [0.5, 0.6) is 0 Å². The lowest BCUT2D eigenvalue weighted by molar-refractivity contribution is -0.138. The van der Waals surface area contributed by atoms with Crippen molar-refractivity contribution in [2.45, 2.75) is 31.5 Å². The van der Waals surface area contributed by atoms with Crippen molar-refractivity contribution in [3.05, 3.63) is 89.4 Å². The number of hydrogen-bond acceptors (Lipinski definition) is 8. The number of halogens is 3.